The molecule has 0 aliphatic carbocycles. The highest BCUT2D eigenvalue weighted by Crippen LogP contribution is 2.29. The minimum Gasteiger partial charge on any atom is -0.480 e. The summed E-state index contributed by atoms with van der Waals surface area (Å²) in [5, 5.41) is 18.8. The summed E-state index contributed by atoms with van der Waals surface area (Å²) in [5.41, 5.74) is -0.998. The number of hydrogen-bond donors (Lipinski definition) is 2. The zero-order chi connectivity index (χ0) is 14.1. The van der Waals surface area contributed by atoms with Crippen molar-refractivity contribution in [1.82, 2.24) is 4.90 Å². The molecule has 0 bridgehead atoms. The molecule has 19 heavy (non-hydrogen) atoms. The van der Waals surface area contributed by atoms with Crippen LogP contribution in [0.3, 0.4) is 0 Å². The highest BCUT2D eigenvalue weighted by atomic mass is 16.4. The smallest absolute Gasteiger partial charge is 0.326 e. The van der Waals surface area contributed by atoms with Crippen molar-refractivity contribution in [2.24, 2.45) is 0 Å². The van der Waals surface area contributed by atoms with Gasteiger partial charge in [-0.15, -0.1) is 0 Å². The normalized spacial score (nSPS) is 23.9. The van der Waals surface area contributed by atoms with Crippen LogP contribution in [0.5, 0.6) is 0 Å². The third-order valence-corrected chi connectivity index (χ3v) is 4.31. The molecule has 1 atom stereocenters. The van der Waals surface area contributed by atoms with E-state index in [1.165, 1.54) is 38.5 Å². The molecule has 0 radical (unpaired) electrons. The summed E-state index contributed by atoms with van der Waals surface area (Å²) in [6.45, 7) is 3.57. The Morgan fingerprint density at radius 2 is 1.79 bits per heavy atom. The molecule has 0 saturated carbocycles. The molecule has 0 spiro atoms. The first-order chi connectivity index (χ1) is 9.17. The van der Waals surface area contributed by atoms with E-state index in [9.17, 15) is 15.0 Å². The van der Waals surface area contributed by atoms with Crippen LogP contribution in [-0.2, 0) is 4.79 Å². The number of hydrogen-bond acceptors (Lipinski definition) is 3. The quantitative estimate of drug-likeness (QED) is 0.600. The summed E-state index contributed by atoms with van der Waals surface area (Å²) in [6.07, 6.45) is 10.1. The Morgan fingerprint density at radius 3 is 2.37 bits per heavy atom. The topological polar surface area (TPSA) is 60.8 Å². The minimum atomic E-state index is -0.998. The predicted molar refractivity (Wildman–Crippen MR) is 76.3 cm³/mol. The van der Waals surface area contributed by atoms with Gasteiger partial charge in [0, 0.05) is 0 Å². The van der Waals surface area contributed by atoms with Crippen LogP contribution in [0.4, 0.5) is 0 Å². The summed E-state index contributed by atoms with van der Waals surface area (Å²) in [7, 11) is 0. The van der Waals surface area contributed by atoms with Crippen LogP contribution in [-0.4, -0.2) is 46.3 Å². The second-order valence-corrected chi connectivity index (χ2v) is 5.71. The number of likely N-dealkylation sites (tertiary alicyclic amines) is 1. The molecule has 4 nitrogen and oxygen atoms in total. The van der Waals surface area contributed by atoms with Crippen molar-refractivity contribution in [3.8, 4) is 0 Å². The van der Waals surface area contributed by atoms with E-state index in [-0.39, 0.29) is 6.61 Å². The maximum absolute atomic E-state index is 11.4. The number of rotatable bonds is 10. The van der Waals surface area contributed by atoms with Gasteiger partial charge in [0.1, 0.15) is 5.54 Å². The molecule has 1 aliphatic heterocycles. The SMILES string of the molecule is CCCCCCCCCN1CCCC1(CO)C(=O)O. The van der Waals surface area contributed by atoms with E-state index in [2.05, 4.69) is 6.92 Å². The van der Waals surface area contributed by atoms with E-state index >= 15 is 0 Å². The van der Waals surface area contributed by atoms with Crippen LogP contribution in [0.2, 0.25) is 0 Å². The Bertz CT molecular complexity index is 270. The van der Waals surface area contributed by atoms with Crippen LogP contribution in [0.15, 0.2) is 0 Å². The molecule has 1 heterocycles. The molecule has 0 aromatic heterocycles. The van der Waals surface area contributed by atoms with E-state index in [1.807, 2.05) is 4.90 Å². The van der Waals surface area contributed by atoms with Gasteiger partial charge in [-0.2, -0.15) is 0 Å². The summed E-state index contributed by atoms with van der Waals surface area (Å²) in [6, 6.07) is 0. The first-order valence-corrected chi connectivity index (χ1v) is 7.76. The van der Waals surface area contributed by atoms with Gasteiger partial charge in [-0.25, -0.2) is 0 Å². The fraction of sp³-hybridized carbons (Fsp3) is 0.933. The van der Waals surface area contributed by atoms with Crippen molar-refractivity contribution in [3.63, 3.8) is 0 Å². The van der Waals surface area contributed by atoms with E-state index in [0.717, 1.165) is 25.9 Å². The molecule has 0 aromatic carbocycles. The largest absolute Gasteiger partial charge is 0.480 e. The van der Waals surface area contributed by atoms with Crippen LogP contribution in [0.25, 0.3) is 0 Å². The standard InChI is InChI=1S/C15H29NO3/c1-2-3-4-5-6-7-8-11-16-12-9-10-15(16,13-17)14(18)19/h17H,2-13H2,1H3,(H,18,19). The van der Waals surface area contributed by atoms with Crippen molar-refractivity contribution >= 4 is 5.97 Å². The van der Waals surface area contributed by atoms with Crippen LogP contribution in [0.1, 0.15) is 64.7 Å². The van der Waals surface area contributed by atoms with Crippen molar-refractivity contribution < 1.29 is 15.0 Å². The highest BCUT2D eigenvalue weighted by Gasteiger charge is 2.46. The number of nitrogens with zero attached hydrogens (tertiary/aromatic N) is 1. The van der Waals surface area contributed by atoms with Crippen LogP contribution in [0, 0.1) is 0 Å². The van der Waals surface area contributed by atoms with E-state index in [1.54, 1.807) is 0 Å². The monoisotopic (exact) mass is 271 g/mol. The molecule has 1 unspecified atom stereocenters. The second kappa shape index (κ2) is 8.54. The summed E-state index contributed by atoms with van der Waals surface area (Å²) >= 11 is 0. The van der Waals surface area contributed by atoms with Gasteiger partial charge in [-0.3, -0.25) is 9.69 Å². The lowest BCUT2D eigenvalue weighted by Crippen LogP contribution is -2.53. The number of carboxylic acid groups (broad SMARTS) is 1. The van der Waals surface area contributed by atoms with Gasteiger partial charge in [-0.1, -0.05) is 45.4 Å². The van der Waals surface area contributed by atoms with Gasteiger partial charge in [0.05, 0.1) is 6.61 Å². The first-order valence-electron chi connectivity index (χ1n) is 7.76. The summed E-state index contributed by atoms with van der Waals surface area (Å²) in [5.74, 6) is -0.865. The first kappa shape index (κ1) is 16.4. The van der Waals surface area contributed by atoms with E-state index in [4.69, 9.17) is 0 Å². The van der Waals surface area contributed by atoms with Crippen LogP contribution < -0.4 is 0 Å². The number of aliphatic carboxylic acids is 1. The zero-order valence-corrected chi connectivity index (χ0v) is 12.2. The molecule has 1 fully saturated rings. The van der Waals surface area contributed by atoms with Gasteiger partial charge >= 0.3 is 5.97 Å². The molecule has 112 valence electrons. The number of aliphatic hydroxyl groups is 1. The van der Waals surface area contributed by atoms with E-state index < -0.39 is 11.5 Å². The lowest BCUT2D eigenvalue weighted by atomic mass is 9.97. The third-order valence-electron chi connectivity index (χ3n) is 4.31. The fourth-order valence-corrected chi connectivity index (χ4v) is 3.01. The third kappa shape index (κ3) is 4.46. The van der Waals surface area contributed by atoms with Crippen molar-refractivity contribution in [2.75, 3.05) is 19.7 Å². The summed E-state index contributed by atoms with van der Waals surface area (Å²) in [4.78, 5) is 13.3. The Kier molecular flexibility index (Phi) is 7.39. The molecule has 1 aliphatic rings. The molecular formula is C15H29NO3. The van der Waals surface area contributed by atoms with Crippen molar-refractivity contribution in [3.05, 3.63) is 0 Å². The lowest BCUT2D eigenvalue weighted by molar-refractivity contribution is -0.152. The Labute approximate surface area is 116 Å². The maximum atomic E-state index is 11.4. The minimum absolute atomic E-state index is 0.265. The predicted octanol–water partition coefficient (Wildman–Crippen LogP) is 2.65. The van der Waals surface area contributed by atoms with Gasteiger partial charge in [0.2, 0.25) is 0 Å². The average Bonchev–Trinajstić information content (AvgIpc) is 2.82. The average molecular weight is 271 g/mol. The Morgan fingerprint density at radius 1 is 1.16 bits per heavy atom. The maximum Gasteiger partial charge on any atom is 0.326 e. The zero-order valence-electron chi connectivity index (χ0n) is 12.2. The van der Waals surface area contributed by atoms with E-state index in [0.29, 0.717) is 6.42 Å². The number of unbranched alkanes of at least 4 members (excludes halogenated alkanes) is 6. The summed E-state index contributed by atoms with van der Waals surface area (Å²) < 4.78 is 0. The van der Waals surface area contributed by atoms with Crippen molar-refractivity contribution in [1.29, 1.82) is 0 Å². The number of aliphatic hydroxyl groups excluding tert-OH is 1. The second-order valence-electron chi connectivity index (χ2n) is 5.71. The van der Waals surface area contributed by atoms with Gasteiger partial charge in [-0.05, 0) is 32.4 Å². The Balaban J connectivity index is 2.23. The molecule has 2 N–H and O–H groups in total. The molecule has 1 rings (SSSR count). The fourth-order valence-electron chi connectivity index (χ4n) is 3.01. The molecule has 4 heteroatoms. The Hall–Kier alpha value is -0.610. The number of carboxylic acids is 1. The molecule has 0 aromatic rings. The lowest BCUT2D eigenvalue weighted by Gasteiger charge is -2.32. The molecular weight excluding hydrogens is 242 g/mol. The highest BCUT2D eigenvalue weighted by molar-refractivity contribution is 5.79. The molecule has 0 amide bonds. The molecule has 1 saturated heterocycles. The van der Waals surface area contributed by atoms with Gasteiger partial charge < -0.3 is 10.2 Å². The van der Waals surface area contributed by atoms with Gasteiger partial charge in [0.15, 0.2) is 0 Å². The van der Waals surface area contributed by atoms with Gasteiger partial charge in [0.25, 0.3) is 0 Å². The number of carbonyl (C=O) groups is 1. The van der Waals surface area contributed by atoms with Crippen molar-refractivity contribution in [2.45, 2.75) is 70.3 Å². The van der Waals surface area contributed by atoms with Crippen LogP contribution >= 0.6 is 0 Å².